The van der Waals surface area contributed by atoms with Gasteiger partial charge in [0.05, 0.1) is 0 Å². The van der Waals surface area contributed by atoms with Crippen LogP contribution >= 0.6 is 7.82 Å². The van der Waals surface area contributed by atoms with Crippen LogP contribution in [0.4, 0.5) is 0 Å². The van der Waals surface area contributed by atoms with Gasteiger partial charge in [0, 0.05) is 0 Å². The Bertz CT molecular complexity index is 385. The van der Waals surface area contributed by atoms with E-state index in [4.69, 9.17) is 9.79 Å². The van der Waals surface area contributed by atoms with E-state index in [0.29, 0.717) is 11.7 Å². The average molecular weight is 246 g/mol. The third-order valence-electron chi connectivity index (χ3n) is 1.82. The summed E-state index contributed by atoms with van der Waals surface area (Å²) in [5, 5.41) is 0. The second kappa shape index (κ2) is 5.46. The molecular weight excluding hydrogens is 231 g/mol. The Morgan fingerprint density at radius 1 is 1.31 bits per heavy atom. The molecule has 2 N–H and O–H groups in total. The highest BCUT2D eigenvalue weighted by Crippen LogP contribution is 2.37. The SMILES string of the molecule is CC(C)Cc1ccccc1OOP(=O)(O)O. The maximum absolute atomic E-state index is 10.5. The Morgan fingerprint density at radius 2 is 1.94 bits per heavy atom. The molecule has 0 amide bonds. The first kappa shape index (κ1) is 13.2. The quantitative estimate of drug-likeness (QED) is 0.473. The van der Waals surface area contributed by atoms with E-state index in [9.17, 15) is 4.57 Å². The lowest BCUT2D eigenvalue weighted by Crippen LogP contribution is -2.00. The molecule has 0 aliphatic rings. The van der Waals surface area contributed by atoms with E-state index in [0.717, 1.165) is 12.0 Å². The summed E-state index contributed by atoms with van der Waals surface area (Å²) < 4.78 is 14.5. The highest BCUT2D eigenvalue weighted by molar-refractivity contribution is 7.46. The molecule has 0 aromatic heterocycles. The molecule has 0 bridgehead atoms. The van der Waals surface area contributed by atoms with Gasteiger partial charge in [-0.2, -0.15) is 0 Å². The average Bonchev–Trinajstić information content (AvgIpc) is 2.14. The maximum atomic E-state index is 10.5. The lowest BCUT2D eigenvalue weighted by Gasteiger charge is -2.11. The van der Waals surface area contributed by atoms with Crippen molar-refractivity contribution in [1.82, 2.24) is 0 Å². The van der Waals surface area contributed by atoms with Gasteiger partial charge in [0.1, 0.15) is 0 Å². The van der Waals surface area contributed by atoms with Crippen molar-refractivity contribution in [3.8, 4) is 5.75 Å². The topological polar surface area (TPSA) is 76.0 Å². The Labute approximate surface area is 94.2 Å². The zero-order chi connectivity index (χ0) is 12.2. The summed E-state index contributed by atoms with van der Waals surface area (Å²) in [6.45, 7) is 4.08. The van der Waals surface area contributed by atoms with Gasteiger partial charge < -0.3 is 14.7 Å². The summed E-state index contributed by atoms with van der Waals surface area (Å²) in [6, 6.07) is 6.98. The van der Waals surface area contributed by atoms with E-state index in [-0.39, 0.29) is 0 Å². The van der Waals surface area contributed by atoms with E-state index in [1.54, 1.807) is 12.1 Å². The Balaban J connectivity index is 2.75. The molecule has 6 heteroatoms. The number of para-hydroxylation sites is 1. The lowest BCUT2D eigenvalue weighted by molar-refractivity contribution is -0.123. The second-order valence-corrected chi connectivity index (χ2v) is 4.98. The molecule has 16 heavy (non-hydrogen) atoms. The summed E-state index contributed by atoms with van der Waals surface area (Å²) in [5.74, 6) is 0.749. The largest absolute Gasteiger partial charge is 0.505 e. The van der Waals surface area contributed by atoms with Crippen molar-refractivity contribution in [2.45, 2.75) is 20.3 Å². The number of hydrogen-bond donors (Lipinski definition) is 2. The van der Waals surface area contributed by atoms with Gasteiger partial charge in [-0.15, -0.1) is 0 Å². The zero-order valence-corrected chi connectivity index (χ0v) is 10.1. The Hall–Kier alpha value is -0.870. The molecule has 0 saturated carbocycles. The van der Waals surface area contributed by atoms with Crippen molar-refractivity contribution in [3.63, 3.8) is 0 Å². The normalized spacial score (nSPS) is 11.8. The molecule has 0 heterocycles. The smallest absolute Gasteiger partial charge is 0.327 e. The van der Waals surface area contributed by atoms with E-state index in [1.807, 2.05) is 26.0 Å². The molecule has 0 unspecified atom stereocenters. The van der Waals surface area contributed by atoms with Gasteiger partial charge in [-0.25, -0.2) is 4.57 Å². The monoisotopic (exact) mass is 246 g/mol. The molecule has 0 atom stereocenters. The first-order valence-corrected chi connectivity index (χ1v) is 6.41. The van der Waals surface area contributed by atoms with Crippen LogP contribution in [-0.2, 0) is 15.7 Å². The van der Waals surface area contributed by atoms with Gasteiger partial charge >= 0.3 is 7.82 Å². The number of rotatable bonds is 5. The van der Waals surface area contributed by atoms with Gasteiger partial charge in [0.2, 0.25) is 0 Å². The summed E-state index contributed by atoms with van der Waals surface area (Å²) in [4.78, 5) is 21.7. The molecule has 0 fully saturated rings. The standard InChI is InChI=1S/C10H15O5P/c1-8(2)7-9-5-3-4-6-10(9)14-15-16(11,12)13/h3-6,8H,7H2,1-2H3,(H2,11,12,13). The van der Waals surface area contributed by atoms with Crippen LogP contribution < -0.4 is 4.89 Å². The van der Waals surface area contributed by atoms with Gasteiger partial charge in [-0.05, 0) is 24.0 Å². The third-order valence-corrected chi connectivity index (χ3v) is 2.09. The number of hydrogen-bond acceptors (Lipinski definition) is 3. The molecule has 0 radical (unpaired) electrons. The van der Waals surface area contributed by atoms with Crippen LogP contribution in [0, 0.1) is 5.92 Å². The van der Waals surface area contributed by atoms with Crippen molar-refractivity contribution in [3.05, 3.63) is 29.8 Å². The predicted molar refractivity (Wildman–Crippen MR) is 58.7 cm³/mol. The van der Waals surface area contributed by atoms with Crippen molar-refractivity contribution in [2.75, 3.05) is 0 Å². The molecule has 1 rings (SSSR count). The molecule has 0 aliphatic carbocycles. The summed E-state index contributed by atoms with van der Waals surface area (Å²) in [6.07, 6.45) is 0.751. The van der Waals surface area contributed by atoms with E-state index >= 15 is 0 Å². The summed E-state index contributed by atoms with van der Waals surface area (Å²) in [5.41, 5.74) is 0.853. The molecule has 0 spiro atoms. The van der Waals surface area contributed by atoms with Gasteiger partial charge in [0.25, 0.3) is 0 Å². The summed E-state index contributed by atoms with van der Waals surface area (Å²) >= 11 is 0. The van der Waals surface area contributed by atoms with Crippen molar-refractivity contribution >= 4 is 7.82 Å². The van der Waals surface area contributed by atoms with E-state index < -0.39 is 7.82 Å². The minimum atomic E-state index is -4.61. The second-order valence-electron chi connectivity index (χ2n) is 3.85. The fourth-order valence-electron chi connectivity index (χ4n) is 1.28. The van der Waals surface area contributed by atoms with Crippen LogP contribution in [0.5, 0.6) is 5.75 Å². The van der Waals surface area contributed by atoms with E-state index in [1.165, 1.54) is 0 Å². The Morgan fingerprint density at radius 3 is 2.50 bits per heavy atom. The fourth-order valence-corrected chi connectivity index (χ4v) is 1.46. The van der Waals surface area contributed by atoms with Crippen LogP contribution in [0.15, 0.2) is 24.3 Å². The first-order valence-electron chi connectivity index (χ1n) is 4.88. The first-order chi connectivity index (χ1) is 7.38. The van der Waals surface area contributed by atoms with Crippen molar-refractivity contribution < 1.29 is 23.9 Å². The summed E-state index contributed by atoms with van der Waals surface area (Å²) in [7, 11) is -4.61. The minimum absolute atomic E-state index is 0.333. The number of phosphoric acid groups is 1. The van der Waals surface area contributed by atoms with E-state index in [2.05, 4.69) is 9.56 Å². The predicted octanol–water partition coefficient (Wildman–Crippen LogP) is 2.29. The molecule has 90 valence electrons. The fraction of sp³-hybridized carbons (Fsp3) is 0.400. The lowest BCUT2D eigenvalue weighted by atomic mass is 10.0. The van der Waals surface area contributed by atoms with Crippen molar-refractivity contribution in [2.24, 2.45) is 5.92 Å². The van der Waals surface area contributed by atoms with Crippen LogP contribution in [0.25, 0.3) is 0 Å². The molecule has 1 aromatic rings. The molecular formula is C10H15O5P. The Kier molecular flexibility index (Phi) is 4.50. The maximum Gasteiger partial charge on any atom is 0.505 e. The highest BCUT2D eigenvalue weighted by atomic mass is 31.2. The molecule has 0 aliphatic heterocycles. The van der Waals surface area contributed by atoms with Gasteiger partial charge in [-0.3, -0.25) is 0 Å². The molecule has 1 aromatic carbocycles. The highest BCUT2D eigenvalue weighted by Gasteiger charge is 2.17. The van der Waals surface area contributed by atoms with Crippen LogP contribution in [0.1, 0.15) is 19.4 Å². The van der Waals surface area contributed by atoms with Gasteiger partial charge in [0.15, 0.2) is 5.75 Å². The number of benzene rings is 1. The zero-order valence-electron chi connectivity index (χ0n) is 9.16. The molecule has 5 nitrogen and oxygen atoms in total. The third kappa shape index (κ3) is 4.77. The van der Waals surface area contributed by atoms with Crippen LogP contribution in [-0.4, -0.2) is 9.79 Å². The van der Waals surface area contributed by atoms with Crippen LogP contribution in [0.2, 0.25) is 0 Å². The van der Waals surface area contributed by atoms with Crippen molar-refractivity contribution in [1.29, 1.82) is 0 Å². The molecule has 0 saturated heterocycles. The van der Waals surface area contributed by atoms with Crippen LogP contribution in [0.3, 0.4) is 0 Å². The minimum Gasteiger partial charge on any atom is -0.327 e. The van der Waals surface area contributed by atoms with Gasteiger partial charge in [-0.1, -0.05) is 36.7 Å².